The van der Waals surface area contributed by atoms with Gasteiger partial charge in [0.05, 0.1) is 26.4 Å². The second-order valence-electron chi connectivity index (χ2n) is 30.1. The molecular weight excluding hydrogens is 1310 g/mol. The van der Waals surface area contributed by atoms with Gasteiger partial charge in [0.15, 0.2) is 12.2 Å². The lowest BCUT2D eigenvalue weighted by atomic mass is 10.0. The lowest BCUT2D eigenvalue weighted by Gasteiger charge is -2.21. The first-order chi connectivity index (χ1) is 48.4. The summed E-state index contributed by atoms with van der Waals surface area (Å²) in [6.07, 6.45) is 62.7. The summed E-state index contributed by atoms with van der Waals surface area (Å²) in [6.45, 7) is 9.61. The highest BCUT2D eigenvalue weighted by molar-refractivity contribution is 7.47. The van der Waals surface area contributed by atoms with E-state index in [1.54, 1.807) is 0 Å². The molecule has 0 aromatic rings. The van der Waals surface area contributed by atoms with Crippen molar-refractivity contribution in [2.45, 2.75) is 445 Å². The van der Waals surface area contributed by atoms with Crippen molar-refractivity contribution < 1.29 is 80.2 Å². The third kappa shape index (κ3) is 74.3. The molecule has 0 aromatic carbocycles. The predicted molar refractivity (Wildman–Crippen MR) is 409 cm³/mol. The molecule has 3 N–H and O–H groups in total. The van der Waals surface area contributed by atoms with Crippen LogP contribution in [0.25, 0.3) is 0 Å². The molecule has 0 amide bonds. The number of ether oxygens (including phenoxy) is 4. The maximum absolute atomic E-state index is 13.1. The van der Waals surface area contributed by atoms with E-state index in [-0.39, 0.29) is 25.7 Å². The van der Waals surface area contributed by atoms with Crippen molar-refractivity contribution in [3.05, 3.63) is 0 Å². The van der Waals surface area contributed by atoms with Crippen LogP contribution in [0.5, 0.6) is 0 Å². The molecule has 19 heteroatoms. The van der Waals surface area contributed by atoms with Gasteiger partial charge in [-0.05, 0) is 37.5 Å². The summed E-state index contributed by atoms with van der Waals surface area (Å²) in [7, 11) is -9.91. The van der Waals surface area contributed by atoms with Gasteiger partial charge in [-0.2, -0.15) is 0 Å². The minimum atomic E-state index is -4.96. The van der Waals surface area contributed by atoms with E-state index in [1.807, 2.05) is 0 Å². The number of aliphatic hydroxyl groups excluding tert-OH is 1. The van der Waals surface area contributed by atoms with Gasteiger partial charge < -0.3 is 33.8 Å². The molecule has 0 radical (unpaired) electrons. The minimum Gasteiger partial charge on any atom is -0.462 e. The molecule has 2 unspecified atom stereocenters. The van der Waals surface area contributed by atoms with Gasteiger partial charge in [-0.15, -0.1) is 0 Å². The zero-order valence-corrected chi connectivity index (χ0v) is 67.3. The average Bonchev–Trinajstić information content (AvgIpc) is 0.912. The van der Waals surface area contributed by atoms with Gasteiger partial charge in [0.2, 0.25) is 0 Å². The van der Waals surface area contributed by atoms with Crippen LogP contribution in [0.4, 0.5) is 0 Å². The highest BCUT2D eigenvalue weighted by atomic mass is 31.2. The highest BCUT2D eigenvalue weighted by Crippen LogP contribution is 2.45. The minimum absolute atomic E-state index is 0.105. The first-order valence-corrected chi connectivity index (χ1v) is 45.0. The zero-order valence-electron chi connectivity index (χ0n) is 65.5. The molecule has 0 aromatic heterocycles. The topological polar surface area (TPSA) is 237 Å². The van der Waals surface area contributed by atoms with Crippen molar-refractivity contribution >= 4 is 39.5 Å². The summed E-state index contributed by atoms with van der Waals surface area (Å²) >= 11 is 0. The van der Waals surface area contributed by atoms with Gasteiger partial charge in [0.25, 0.3) is 0 Å². The number of esters is 4. The molecule has 17 nitrogen and oxygen atoms in total. The number of carbonyl (C=O) groups is 4. The fourth-order valence-electron chi connectivity index (χ4n) is 12.5. The largest absolute Gasteiger partial charge is 0.472 e. The van der Waals surface area contributed by atoms with E-state index in [0.29, 0.717) is 25.7 Å². The standard InChI is InChI=1S/C81H158O17P2/c1-7-9-11-13-15-17-18-19-20-21-22-26-29-32-35-40-46-52-58-64-79(84)92-70-77(97-80(85)65-59-53-47-41-36-33-30-27-24-23-25-28-31-34-38-43-49-55-61-73(3)4)72-96-100(89,90)94-68-75(82)67-93-99(87,88)95-71-76(69-91-78(83)63-57-51-45-16-14-12-10-8-2)98-81(86)66-60-54-48-42-37-39-44-50-56-62-74(5)6/h73-77,82H,7-72H2,1-6H3,(H,87,88)(H,89,90)/t75-,76+,77+/m0/s1. The lowest BCUT2D eigenvalue weighted by Crippen LogP contribution is -2.30. The second kappa shape index (κ2) is 72.6. The Morgan fingerprint density at radius 1 is 0.270 bits per heavy atom. The average molecular weight is 1470 g/mol. The number of carbonyl (C=O) groups excluding carboxylic acids is 4. The van der Waals surface area contributed by atoms with Gasteiger partial charge >= 0.3 is 39.5 Å². The first kappa shape index (κ1) is 98.1. The SMILES string of the molecule is CCCCCCCCCCCCCCCCCCCCCC(=O)OC[C@H](COP(=O)(O)OC[C@@H](O)COP(=O)(O)OC[C@@H](COC(=O)CCCCCCCCCC)OC(=O)CCCCCCCCCCCC(C)C)OC(=O)CCCCCCCCCCCCCCCCCCCCC(C)C. The van der Waals surface area contributed by atoms with Crippen molar-refractivity contribution in [1.82, 2.24) is 0 Å². The number of hydrogen-bond donors (Lipinski definition) is 3. The first-order valence-electron chi connectivity index (χ1n) is 42.0. The maximum atomic E-state index is 13.1. The van der Waals surface area contributed by atoms with Gasteiger partial charge in [0.1, 0.15) is 19.3 Å². The van der Waals surface area contributed by atoms with E-state index in [1.165, 1.54) is 238 Å². The highest BCUT2D eigenvalue weighted by Gasteiger charge is 2.30. The van der Waals surface area contributed by atoms with Crippen molar-refractivity contribution in [1.29, 1.82) is 0 Å². The summed E-state index contributed by atoms with van der Waals surface area (Å²) in [5.74, 6) is -0.556. The van der Waals surface area contributed by atoms with Crippen LogP contribution < -0.4 is 0 Å². The smallest absolute Gasteiger partial charge is 0.462 e. The zero-order chi connectivity index (χ0) is 73.5. The maximum Gasteiger partial charge on any atom is 0.472 e. The molecule has 0 aliphatic carbocycles. The summed E-state index contributed by atoms with van der Waals surface area (Å²) in [6, 6.07) is 0. The van der Waals surface area contributed by atoms with E-state index >= 15 is 0 Å². The quantitative estimate of drug-likeness (QED) is 0.0222. The molecule has 100 heavy (non-hydrogen) atoms. The fraction of sp³-hybridized carbons (Fsp3) is 0.951. The van der Waals surface area contributed by atoms with E-state index in [0.717, 1.165) is 108 Å². The van der Waals surface area contributed by atoms with Gasteiger partial charge in [-0.3, -0.25) is 37.3 Å². The van der Waals surface area contributed by atoms with E-state index in [2.05, 4.69) is 41.5 Å². The third-order valence-electron chi connectivity index (χ3n) is 19.0. The Bertz CT molecular complexity index is 1920. The Hall–Kier alpha value is -1.94. The number of rotatable bonds is 80. The molecule has 0 heterocycles. The second-order valence-corrected chi connectivity index (χ2v) is 33.0. The molecular formula is C81H158O17P2. The van der Waals surface area contributed by atoms with Crippen molar-refractivity contribution in [2.24, 2.45) is 11.8 Å². The monoisotopic (exact) mass is 1470 g/mol. The lowest BCUT2D eigenvalue weighted by molar-refractivity contribution is -0.161. The van der Waals surface area contributed by atoms with Gasteiger partial charge in [0, 0.05) is 25.7 Å². The van der Waals surface area contributed by atoms with Crippen molar-refractivity contribution in [3.63, 3.8) is 0 Å². The van der Waals surface area contributed by atoms with E-state index in [9.17, 15) is 43.2 Å². The summed E-state index contributed by atoms with van der Waals surface area (Å²) in [5, 5.41) is 10.6. The molecule has 594 valence electrons. The predicted octanol–water partition coefficient (Wildman–Crippen LogP) is 24.3. The molecule has 0 spiro atoms. The Morgan fingerprint density at radius 3 is 0.680 bits per heavy atom. The van der Waals surface area contributed by atoms with E-state index in [4.69, 9.17) is 37.0 Å². The van der Waals surface area contributed by atoms with Crippen LogP contribution in [-0.2, 0) is 65.4 Å². The van der Waals surface area contributed by atoms with Crippen LogP contribution in [0, 0.1) is 11.8 Å². The van der Waals surface area contributed by atoms with Crippen molar-refractivity contribution in [2.75, 3.05) is 39.6 Å². The van der Waals surface area contributed by atoms with Gasteiger partial charge in [-0.25, -0.2) is 9.13 Å². The van der Waals surface area contributed by atoms with Crippen LogP contribution in [-0.4, -0.2) is 96.7 Å². The van der Waals surface area contributed by atoms with Crippen LogP contribution >= 0.6 is 15.6 Å². The van der Waals surface area contributed by atoms with Gasteiger partial charge in [-0.1, -0.05) is 375 Å². The third-order valence-corrected chi connectivity index (χ3v) is 20.9. The van der Waals surface area contributed by atoms with Crippen LogP contribution in [0.2, 0.25) is 0 Å². The number of unbranched alkanes of at least 4 members (excludes halogenated alkanes) is 50. The number of hydrogen-bond acceptors (Lipinski definition) is 15. The Morgan fingerprint density at radius 2 is 0.460 bits per heavy atom. The molecule has 0 bridgehead atoms. The normalized spacial score (nSPS) is 13.9. The Kier molecular flexibility index (Phi) is 71.2. The Labute approximate surface area is 613 Å². The number of phosphoric acid groups is 2. The number of phosphoric ester groups is 2. The molecule has 0 saturated carbocycles. The molecule has 0 aliphatic rings. The molecule has 5 atom stereocenters. The fourth-order valence-corrected chi connectivity index (χ4v) is 14.1. The van der Waals surface area contributed by atoms with Crippen LogP contribution in [0.1, 0.15) is 427 Å². The van der Waals surface area contributed by atoms with Crippen LogP contribution in [0.15, 0.2) is 0 Å². The molecule has 0 rings (SSSR count). The van der Waals surface area contributed by atoms with Crippen molar-refractivity contribution in [3.8, 4) is 0 Å². The molecule has 0 fully saturated rings. The summed E-state index contributed by atoms with van der Waals surface area (Å²) in [5.41, 5.74) is 0. The van der Waals surface area contributed by atoms with Crippen LogP contribution in [0.3, 0.4) is 0 Å². The summed E-state index contributed by atoms with van der Waals surface area (Å²) in [4.78, 5) is 72.9. The molecule has 0 saturated heterocycles. The summed E-state index contributed by atoms with van der Waals surface area (Å²) < 4.78 is 68.6. The number of aliphatic hydroxyl groups is 1. The Balaban J connectivity index is 5.18. The van der Waals surface area contributed by atoms with E-state index < -0.39 is 97.5 Å². The molecule has 0 aliphatic heterocycles.